The Morgan fingerprint density at radius 1 is 1.12 bits per heavy atom. The summed E-state index contributed by atoms with van der Waals surface area (Å²) in [4.78, 5) is 3.94. The maximum atomic E-state index is 5.28. The minimum Gasteiger partial charge on any atom is -0.444 e. The van der Waals surface area contributed by atoms with E-state index in [0.717, 1.165) is 23.2 Å². The normalized spacial score (nSPS) is 25.5. The highest BCUT2D eigenvalue weighted by molar-refractivity contribution is 5.71. The van der Waals surface area contributed by atoms with Gasteiger partial charge >= 0.3 is 0 Å². The molecule has 4 rings (SSSR count). The number of hydrogen-bond acceptors (Lipinski definition) is 2. The monoisotopic (exact) mass is 223 g/mol. The lowest BCUT2D eigenvalue weighted by Gasteiger charge is -2.04. The van der Waals surface area contributed by atoms with E-state index in [1.54, 1.807) is 6.20 Å². The van der Waals surface area contributed by atoms with Gasteiger partial charge in [0.05, 0.1) is 6.20 Å². The molecule has 0 aliphatic heterocycles. The highest BCUT2D eigenvalue weighted by Gasteiger charge is 2.40. The molecule has 2 aliphatic rings. The highest BCUT2D eigenvalue weighted by Crippen LogP contribution is 2.52. The Morgan fingerprint density at radius 3 is 2.59 bits per heavy atom. The number of aromatic nitrogens is 1. The summed E-state index contributed by atoms with van der Waals surface area (Å²) in [6.07, 6.45) is 8.36. The second-order valence-corrected chi connectivity index (χ2v) is 5.00. The van der Waals surface area contributed by atoms with Crippen LogP contribution in [0.1, 0.15) is 18.4 Å². The van der Waals surface area contributed by atoms with Gasteiger partial charge in [-0.25, -0.2) is 4.98 Å². The molecule has 2 aliphatic carbocycles. The van der Waals surface area contributed by atoms with E-state index in [4.69, 9.17) is 4.42 Å². The van der Waals surface area contributed by atoms with E-state index in [-0.39, 0.29) is 0 Å². The van der Waals surface area contributed by atoms with Gasteiger partial charge in [0.2, 0.25) is 0 Å². The summed E-state index contributed by atoms with van der Waals surface area (Å²) < 4.78 is 5.28. The average Bonchev–Trinajstić information content (AvgIpc) is 2.86. The van der Waals surface area contributed by atoms with Gasteiger partial charge in [-0.05, 0) is 35.8 Å². The largest absolute Gasteiger partial charge is 0.444 e. The van der Waals surface area contributed by atoms with Crippen molar-refractivity contribution in [1.82, 2.24) is 4.98 Å². The fraction of sp³-hybridized carbons (Fsp3) is 0.267. The van der Waals surface area contributed by atoms with E-state index in [2.05, 4.69) is 35.3 Å². The van der Waals surface area contributed by atoms with Crippen molar-refractivity contribution >= 4 is 5.57 Å². The molecule has 17 heavy (non-hydrogen) atoms. The van der Waals surface area contributed by atoms with E-state index in [9.17, 15) is 0 Å². The van der Waals surface area contributed by atoms with Gasteiger partial charge in [0, 0.05) is 5.56 Å². The smallest absolute Gasteiger partial charge is 0.181 e. The first-order valence-electron chi connectivity index (χ1n) is 6.10. The molecule has 0 spiro atoms. The molecule has 2 aromatic rings. The maximum absolute atomic E-state index is 5.28. The van der Waals surface area contributed by atoms with Crippen LogP contribution in [-0.4, -0.2) is 4.98 Å². The van der Waals surface area contributed by atoms with Crippen LogP contribution in [0, 0.1) is 11.8 Å². The zero-order chi connectivity index (χ0) is 11.2. The van der Waals surface area contributed by atoms with Crippen LogP contribution in [-0.2, 0) is 0 Å². The fourth-order valence-corrected chi connectivity index (χ4v) is 2.74. The Kier molecular flexibility index (Phi) is 1.81. The molecule has 2 atom stereocenters. The fourth-order valence-electron chi connectivity index (χ4n) is 2.74. The van der Waals surface area contributed by atoms with E-state index < -0.39 is 0 Å². The van der Waals surface area contributed by atoms with Gasteiger partial charge in [-0.3, -0.25) is 0 Å². The lowest BCUT2D eigenvalue weighted by atomic mass is 10.0. The molecule has 2 nitrogen and oxygen atoms in total. The lowest BCUT2D eigenvalue weighted by Crippen LogP contribution is -1.83. The third-order valence-corrected chi connectivity index (χ3v) is 3.85. The minimum atomic E-state index is 0.833. The Morgan fingerprint density at radius 2 is 1.94 bits per heavy atom. The zero-order valence-corrected chi connectivity index (χ0v) is 9.47. The van der Waals surface area contributed by atoms with Gasteiger partial charge < -0.3 is 4.42 Å². The topological polar surface area (TPSA) is 26.0 Å². The van der Waals surface area contributed by atoms with Crippen LogP contribution in [0.15, 0.2) is 47.3 Å². The number of benzene rings is 1. The molecule has 1 aromatic carbocycles. The van der Waals surface area contributed by atoms with Crippen LogP contribution in [0.4, 0.5) is 0 Å². The van der Waals surface area contributed by atoms with E-state index in [1.807, 2.05) is 0 Å². The molecule has 1 fully saturated rings. The number of hydrogen-bond donors (Lipinski definition) is 0. The SMILES string of the molecule is C1=C(c2ccc(-c3cnco3)cc2)C[C@H]2C[C@@H]12. The molecule has 0 bridgehead atoms. The highest BCUT2D eigenvalue weighted by atomic mass is 16.3. The molecule has 0 saturated heterocycles. The number of fused-ring (bicyclic) bond motifs is 1. The lowest BCUT2D eigenvalue weighted by molar-refractivity contribution is 0.572. The molecular formula is C15H13NO. The average molecular weight is 223 g/mol. The van der Waals surface area contributed by atoms with E-state index >= 15 is 0 Å². The van der Waals surface area contributed by atoms with Gasteiger partial charge in [0.1, 0.15) is 0 Å². The van der Waals surface area contributed by atoms with Crippen LogP contribution in [0.25, 0.3) is 16.9 Å². The van der Waals surface area contributed by atoms with Gasteiger partial charge in [-0.1, -0.05) is 30.3 Å². The molecule has 1 saturated carbocycles. The molecular weight excluding hydrogens is 210 g/mol. The van der Waals surface area contributed by atoms with E-state index in [1.165, 1.54) is 30.4 Å². The molecule has 2 heteroatoms. The molecule has 0 unspecified atom stereocenters. The molecule has 0 N–H and O–H groups in total. The second kappa shape index (κ2) is 3.33. The van der Waals surface area contributed by atoms with Gasteiger partial charge in [-0.2, -0.15) is 0 Å². The summed E-state index contributed by atoms with van der Waals surface area (Å²) in [5, 5.41) is 0. The Labute approximate surface area is 100.0 Å². The minimum absolute atomic E-state index is 0.833. The van der Waals surface area contributed by atoms with Crippen LogP contribution in [0.3, 0.4) is 0 Å². The second-order valence-electron chi connectivity index (χ2n) is 5.00. The van der Waals surface area contributed by atoms with Crippen molar-refractivity contribution in [3.8, 4) is 11.3 Å². The van der Waals surface area contributed by atoms with Gasteiger partial charge in [-0.15, -0.1) is 0 Å². The first kappa shape index (κ1) is 9.23. The summed E-state index contributed by atoms with van der Waals surface area (Å²) in [6, 6.07) is 8.60. The quantitative estimate of drug-likeness (QED) is 0.774. The summed E-state index contributed by atoms with van der Waals surface area (Å²) >= 11 is 0. The van der Waals surface area contributed by atoms with Crippen molar-refractivity contribution in [2.45, 2.75) is 12.8 Å². The standard InChI is InChI=1S/C15H13NO/c1-3-11(15-8-16-9-17-15)4-2-10(1)12-5-13-7-14(13)6-12/h1-5,8-9,13-14H,6-7H2/t13-,14+/m1/s1. The first-order chi connectivity index (χ1) is 8.40. The number of rotatable bonds is 2. The van der Waals surface area contributed by atoms with Gasteiger partial charge in [0.15, 0.2) is 12.2 Å². The third kappa shape index (κ3) is 1.52. The Balaban J connectivity index is 1.65. The number of nitrogens with zero attached hydrogens (tertiary/aromatic N) is 1. The Hall–Kier alpha value is -1.83. The molecule has 0 radical (unpaired) electrons. The summed E-state index contributed by atoms with van der Waals surface area (Å²) in [6.45, 7) is 0. The maximum Gasteiger partial charge on any atom is 0.181 e. The summed E-state index contributed by atoms with van der Waals surface area (Å²) in [5.74, 6) is 2.68. The van der Waals surface area contributed by atoms with Crippen molar-refractivity contribution in [2.75, 3.05) is 0 Å². The number of allylic oxidation sites excluding steroid dienone is 2. The van der Waals surface area contributed by atoms with Crippen molar-refractivity contribution in [3.63, 3.8) is 0 Å². The summed E-state index contributed by atoms with van der Waals surface area (Å²) in [7, 11) is 0. The summed E-state index contributed by atoms with van der Waals surface area (Å²) in [5.41, 5.74) is 3.98. The van der Waals surface area contributed by atoms with Crippen molar-refractivity contribution in [2.24, 2.45) is 11.8 Å². The van der Waals surface area contributed by atoms with Crippen molar-refractivity contribution in [3.05, 3.63) is 48.5 Å². The Bertz CT molecular complexity index is 565. The first-order valence-corrected chi connectivity index (χ1v) is 6.10. The van der Waals surface area contributed by atoms with Crippen molar-refractivity contribution < 1.29 is 4.42 Å². The molecule has 1 heterocycles. The zero-order valence-electron chi connectivity index (χ0n) is 9.47. The predicted molar refractivity (Wildman–Crippen MR) is 66.1 cm³/mol. The molecule has 84 valence electrons. The molecule has 1 aromatic heterocycles. The van der Waals surface area contributed by atoms with Crippen LogP contribution in [0.5, 0.6) is 0 Å². The van der Waals surface area contributed by atoms with Crippen LogP contribution < -0.4 is 0 Å². The van der Waals surface area contributed by atoms with E-state index in [0.29, 0.717) is 0 Å². The van der Waals surface area contributed by atoms with Crippen molar-refractivity contribution in [1.29, 1.82) is 0 Å². The molecule has 0 amide bonds. The third-order valence-electron chi connectivity index (χ3n) is 3.85. The predicted octanol–water partition coefficient (Wildman–Crippen LogP) is 3.76. The van der Waals surface area contributed by atoms with Gasteiger partial charge in [0.25, 0.3) is 0 Å². The number of oxazole rings is 1. The van der Waals surface area contributed by atoms with Crippen LogP contribution in [0.2, 0.25) is 0 Å². The van der Waals surface area contributed by atoms with Crippen LogP contribution >= 0.6 is 0 Å².